The Hall–Kier alpha value is -2.24. The smallest absolute Gasteiger partial charge is 0.242 e. The summed E-state index contributed by atoms with van der Waals surface area (Å²) in [5.41, 5.74) is 1.07. The molecular weight excluding hydrogens is 260 g/mol. The highest BCUT2D eigenvalue weighted by Crippen LogP contribution is 2.32. The predicted molar refractivity (Wildman–Crippen MR) is 70.4 cm³/mol. The van der Waals surface area contributed by atoms with Crippen molar-refractivity contribution in [3.63, 3.8) is 0 Å². The summed E-state index contributed by atoms with van der Waals surface area (Å²) in [5, 5.41) is 5.48. The number of amides is 2. The van der Waals surface area contributed by atoms with Crippen molar-refractivity contribution >= 4 is 11.8 Å². The van der Waals surface area contributed by atoms with Crippen molar-refractivity contribution in [3.8, 4) is 11.5 Å². The summed E-state index contributed by atoms with van der Waals surface area (Å²) in [7, 11) is 0. The van der Waals surface area contributed by atoms with Crippen LogP contribution in [0.15, 0.2) is 18.2 Å². The highest BCUT2D eigenvalue weighted by Gasteiger charge is 2.26. The number of rotatable bonds is 4. The molecule has 2 aliphatic rings. The molecule has 1 atom stereocenters. The number of fused-ring (bicyclic) bond motifs is 1. The maximum Gasteiger partial charge on any atom is 0.242 e. The molecule has 0 unspecified atom stereocenters. The molecule has 2 N–H and O–H groups in total. The zero-order chi connectivity index (χ0) is 13.9. The van der Waals surface area contributed by atoms with Gasteiger partial charge in [-0.2, -0.15) is 0 Å². The lowest BCUT2D eigenvalue weighted by Crippen LogP contribution is -2.42. The average Bonchev–Trinajstić information content (AvgIpc) is 3.06. The summed E-state index contributed by atoms with van der Waals surface area (Å²) < 4.78 is 10.5. The Morgan fingerprint density at radius 1 is 1.35 bits per heavy atom. The van der Waals surface area contributed by atoms with E-state index in [1.165, 1.54) is 0 Å². The van der Waals surface area contributed by atoms with Gasteiger partial charge in [-0.3, -0.25) is 9.59 Å². The van der Waals surface area contributed by atoms with Crippen molar-refractivity contribution in [2.75, 3.05) is 13.3 Å². The number of hydrogen-bond donors (Lipinski definition) is 2. The Morgan fingerprint density at radius 2 is 2.20 bits per heavy atom. The first-order valence-corrected chi connectivity index (χ1v) is 6.68. The molecule has 3 rings (SSSR count). The fraction of sp³-hybridized carbons (Fsp3) is 0.429. The van der Waals surface area contributed by atoms with Crippen LogP contribution in [0.25, 0.3) is 0 Å². The normalized spacial score (nSPS) is 19.8. The minimum absolute atomic E-state index is 0.0547. The van der Waals surface area contributed by atoms with Crippen molar-refractivity contribution in [2.45, 2.75) is 25.3 Å². The topological polar surface area (TPSA) is 76.7 Å². The van der Waals surface area contributed by atoms with E-state index in [4.69, 9.17) is 9.47 Å². The quantitative estimate of drug-likeness (QED) is 0.832. The summed E-state index contributed by atoms with van der Waals surface area (Å²) >= 11 is 0. The van der Waals surface area contributed by atoms with Gasteiger partial charge in [0.15, 0.2) is 11.5 Å². The van der Waals surface area contributed by atoms with E-state index >= 15 is 0 Å². The van der Waals surface area contributed by atoms with Gasteiger partial charge in [-0.05, 0) is 30.5 Å². The van der Waals surface area contributed by atoms with E-state index in [1.807, 2.05) is 18.2 Å². The molecule has 2 aliphatic heterocycles. The van der Waals surface area contributed by atoms with Gasteiger partial charge in [0.05, 0.1) is 0 Å². The van der Waals surface area contributed by atoms with E-state index in [0.717, 1.165) is 17.1 Å². The zero-order valence-electron chi connectivity index (χ0n) is 11.0. The van der Waals surface area contributed by atoms with Crippen LogP contribution in [0, 0.1) is 0 Å². The maximum atomic E-state index is 11.8. The Labute approximate surface area is 116 Å². The number of carbonyl (C=O) groups excluding carboxylic acids is 2. The van der Waals surface area contributed by atoms with Crippen LogP contribution in [0.1, 0.15) is 18.4 Å². The summed E-state index contributed by atoms with van der Waals surface area (Å²) in [6, 6.07) is 5.37. The fourth-order valence-corrected chi connectivity index (χ4v) is 2.36. The molecule has 1 aromatic carbocycles. The number of carbonyl (C=O) groups is 2. The first-order chi connectivity index (χ1) is 9.72. The molecule has 1 saturated heterocycles. The number of benzene rings is 1. The molecule has 0 bridgehead atoms. The first-order valence-electron chi connectivity index (χ1n) is 6.68. The third kappa shape index (κ3) is 2.68. The molecule has 0 spiro atoms. The molecule has 0 aromatic heterocycles. The highest BCUT2D eigenvalue weighted by molar-refractivity contribution is 5.90. The molecule has 20 heavy (non-hydrogen) atoms. The van der Waals surface area contributed by atoms with Gasteiger partial charge < -0.3 is 20.1 Å². The fourth-order valence-electron chi connectivity index (χ4n) is 2.36. The van der Waals surface area contributed by atoms with E-state index in [2.05, 4.69) is 10.6 Å². The molecule has 6 nitrogen and oxygen atoms in total. The van der Waals surface area contributed by atoms with Crippen LogP contribution in [0.3, 0.4) is 0 Å². The van der Waals surface area contributed by atoms with Crippen molar-refractivity contribution in [2.24, 2.45) is 0 Å². The first kappa shape index (κ1) is 12.8. The minimum atomic E-state index is -0.376. The second kappa shape index (κ2) is 5.40. The second-order valence-corrected chi connectivity index (χ2v) is 4.89. The molecule has 106 valence electrons. The van der Waals surface area contributed by atoms with Crippen LogP contribution in [-0.2, 0) is 16.0 Å². The van der Waals surface area contributed by atoms with Crippen LogP contribution in [0.4, 0.5) is 0 Å². The van der Waals surface area contributed by atoms with Crippen molar-refractivity contribution < 1.29 is 19.1 Å². The average molecular weight is 276 g/mol. The van der Waals surface area contributed by atoms with Crippen molar-refractivity contribution in [3.05, 3.63) is 23.8 Å². The summed E-state index contributed by atoms with van der Waals surface area (Å²) in [5.74, 6) is 1.33. The molecule has 0 radical (unpaired) electrons. The van der Waals surface area contributed by atoms with Gasteiger partial charge in [-0.25, -0.2) is 0 Å². The van der Waals surface area contributed by atoms with Crippen LogP contribution in [0.5, 0.6) is 11.5 Å². The van der Waals surface area contributed by atoms with E-state index in [1.54, 1.807) is 0 Å². The van der Waals surface area contributed by atoms with Crippen LogP contribution >= 0.6 is 0 Å². The van der Waals surface area contributed by atoms with Gasteiger partial charge in [0.2, 0.25) is 18.6 Å². The molecular formula is C14H16N2O4. The van der Waals surface area contributed by atoms with E-state index in [9.17, 15) is 9.59 Å². The van der Waals surface area contributed by atoms with E-state index < -0.39 is 0 Å². The van der Waals surface area contributed by atoms with Gasteiger partial charge in [0.25, 0.3) is 0 Å². The Kier molecular flexibility index (Phi) is 3.45. The molecule has 2 heterocycles. The third-order valence-electron chi connectivity index (χ3n) is 3.46. The van der Waals surface area contributed by atoms with Crippen LogP contribution < -0.4 is 20.1 Å². The van der Waals surface area contributed by atoms with E-state index in [0.29, 0.717) is 25.8 Å². The zero-order valence-corrected chi connectivity index (χ0v) is 11.0. The number of ether oxygens (including phenoxy) is 2. The monoisotopic (exact) mass is 276 g/mol. The van der Waals surface area contributed by atoms with Gasteiger partial charge in [0, 0.05) is 13.0 Å². The Morgan fingerprint density at radius 3 is 3.00 bits per heavy atom. The van der Waals surface area contributed by atoms with Gasteiger partial charge in [-0.15, -0.1) is 0 Å². The Balaban J connectivity index is 1.48. The summed E-state index contributed by atoms with van der Waals surface area (Å²) in [6.45, 7) is 0.793. The summed E-state index contributed by atoms with van der Waals surface area (Å²) in [4.78, 5) is 22.8. The van der Waals surface area contributed by atoms with Gasteiger partial charge >= 0.3 is 0 Å². The van der Waals surface area contributed by atoms with E-state index in [-0.39, 0.29) is 24.6 Å². The SMILES string of the molecule is O=C1CC[C@H](C(=O)NCCc2ccc3c(c2)OCO3)N1. The molecule has 1 aromatic rings. The maximum absolute atomic E-state index is 11.8. The third-order valence-corrected chi connectivity index (χ3v) is 3.46. The minimum Gasteiger partial charge on any atom is -0.454 e. The Bertz CT molecular complexity index is 544. The molecule has 2 amide bonds. The predicted octanol–water partition coefficient (Wildman–Crippen LogP) is 0.353. The molecule has 0 aliphatic carbocycles. The molecule has 1 fully saturated rings. The molecule has 6 heteroatoms. The largest absolute Gasteiger partial charge is 0.454 e. The standard InChI is InChI=1S/C14H16N2O4/c17-13-4-2-10(16-13)14(18)15-6-5-9-1-3-11-12(7-9)20-8-19-11/h1,3,7,10H,2,4-6,8H2,(H,15,18)(H,16,17)/t10-/m1/s1. The second-order valence-electron chi connectivity index (χ2n) is 4.89. The van der Waals surface area contributed by atoms with Gasteiger partial charge in [-0.1, -0.05) is 6.07 Å². The lowest BCUT2D eigenvalue weighted by molar-refractivity contribution is -0.125. The number of nitrogens with one attached hydrogen (secondary N) is 2. The lowest BCUT2D eigenvalue weighted by atomic mass is 10.1. The van der Waals surface area contributed by atoms with Gasteiger partial charge in [0.1, 0.15) is 6.04 Å². The van der Waals surface area contributed by atoms with Crippen LogP contribution in [-0.4, -0.2) is 31.2 Å². The summed E-state index contributed by atoms with van der Waals surface area (Å²) in [6.07, 6.45) is 1.72. The van der Waals surface area contributed by atoms with Crippen molar-refractivity contribution in [1.82, 2.24) is 10.6 Å². The van der Waals surface area contributed by atoms with Crippen molar-refractivity contribution in [1.29, 1.82) is 0 Å². The lowest BCUT2D eigenvalue weighted by Gasteiger charge is -2.11. The molecule has 0 saturated carbocycles. The highest BCUT2D eigenvalue weighted by atomic mass is 16.7. The number of hydrogen-bond acceptors (Lipinski definition) is 4. The van der Waals surface area contributed by atoms with Crippen LogP contribution in [0.2, 0.25) is 0 Å².